The molecule has 0 saturated heterocycles. The van der Waals surface area contributed by atoms with Gasteiger partial charge in [0.1, 0.15) is 0 Å². The van der Waals surface area contributed by atoms with Crippen molar-refractivity contribution < 1.29 is 14.2 Å². The molecule has 0 rings (SSSR count). The summed E-state index contributed by atoms with van der Waals surface area (Å²) < 4.78 is 17.5. The van der Waals surface area contributed by atoms with E-state index in [-0.39, 0.29) is 18.3 Å². The topological polar surface area (TPSA) is 27.7 Å². The summed E-state index contributed by atoms with van der Waals surface area (Å²) in [5.74, 6) is 0.534. The molecule has 0 heterocycles. The molecule has 3 nitrogen and oxygen atoms in total. The molecule has 0 aromatic heterocycles. The maximum absolute atomic E-state index is 5.58. The summed E-state index contributed by atoms with van der Waals surface area (Å²) in [6.07, 6.45) is 0.357. The molecule has 0 amide bonds. The van der Waals surface area contributed by atoms with Crippen molar-refractivity contribution in [1.29, 1.82) is 0 Å². The third-order valence-corrected chi connectivity index (χ3v) is 2.14. The summed E-state index contributed by atoms with van der Waals surface area (Å²) in [6.45, 7) is 11.9. The third-order valence-electron chi connectivity index (χ3n) is 1.22. The Balaban J connectivity index is 4.56. The Morgan fingerprint density at radius 3 is 1.33 bits per heavy atom. The van der Waals surface area contributed by atoms with Gasteiger partial charge in [-0.05, 0) is 0 Å². The Bertz CT molecular complexity index is 198. The Morgan fingerprint density at radius 2 is 1.07 bits per heavy atom. The molecule has 0 bridgehead atoms. The van der Waals surface area contributed by atoms with Crippen LogP contribution in [0.15, 0.2) is 9.72 Å². The van der Waals surface area contributed by atoms with E-state index in [1.54, 1.807) is 0 Å². The van der Waals surface area contributed by atoms with Crippen molar-refractivity contribution in [3.63, 3.8) is 0 Å². The zero-order chi connectivity index (χ0) is 12.0. The monoisotopic (exact) mass is 321 g/mol. The molecular weight excluding hydrogens is 299 g/mol. The van der Waals surface area contributed by atoms with Crippen LogP contribution in [0.3, 0.4) is 0 Å². The predicted octanol–water partition coefficient (Wildman–Crippen LogP) is 2.56. The Labute approximate surface area is 106 Å². The van der Waals surface area contributed by atoms with Crippen molar-refractivity contribution in [2.75, 3.05) is 0 Å². The van der Waals surface area contributed by atoms with E-state index >= 15 is 0 Å². The first-order valence-corrected chi connectivity index (χ1v) is 6.71. The average Bonchev–Trinajstić information content (AvgIpc) is 1.99. The predicted molar refractivity (Wildman–Crippen MR) is 61.4 cm³/mol. The minimum absolute atomic E-state index is 0.102. The molecule has 0 fully saturated rings. The fraction of sp³-hybridized carbons (Fsp3) is 0.818. The van der Waals surface area contributed by atoms with Gasteiger partial charge in [-0.1, -0.05) is 0 Å². The molecule has 0 aromatic rings. The van der Waals surface area contributed by atoms with Gasteiger partial charge in [0.2, 0.25) is 0 Å². The van der Waals surface area contributed by atoms with Crippen LogP contribution in [0.5, 0.6) is 0 Å². The number of rotatable bonds is 6. The molecule has 0 N–H and O–H groups in total. The molecule has 3 radical (unpaired) electrons. The van der Waals surface area contributed by atoms with Crippen LogP contribution in [-0.4, -0.2) is 40.8 Å². The summed E-state index contributed by atoms with van der Waals surface area (Å²) >= 11 is 1.17. The number of hydrogen-bond acceptors (Lipinski definition) is 3. The normalized spacial score (nSPS) is 10.8. The second kappa shape index (κ2) is 7.25. The van der Waals surface area contributed by atoms with E-state index in [9.17, 15) is 0 Å². The SMILES string of the molecule is CC(C)O[C]([Sn])=C(OC(C)C)OC(C)C. The van der Waals surface area contributed by atoms with Crippen molar-refractivity contribution in [2.45, 2.75) is 59.9 Å². The molecule has 0 saturated carbocycles. The first-order valence-electron chi connectivity index (χ1n) is 5.28. The fourth-order valence-corrected chi connectivity index (χ4v) is 1.86. The second-order valence-corrected chi connectivity index (χ2v) is 5.41. The van der Waals surface area contributed by atoms with Gasteiger partial charge in [0.25, 0.3) is 0 Å². The van der Waals surface area contributed by atoms with E-state index in [1.165, 1.54) is 22.5 Å². The molecule has 0 aliphatic heterocycles. The van der Waals surface area contributed by atoms with E-state index in [2.05, 4.69) is 0 Å². The molecule has 15 heavy (non-hydrogen) atoms. The van der Waals surface area contributed by atoms with E-state index in [0.29, 0.717) is 5.95 Å². The van der Waals surface area contributed by atoms with E-state index in [4.69, 9.17) is 14.2 Å². The van der Waals surface area contributed by atoms with Crippen LogP contribution in [0.2, 0.25) is 0 Å². The molecule has 0 spiro atoms. The Morgan fingerprint density at radius 1 is 0.733 bits per heavy atom. The number of hydrogen-bond donors (Lipinski definition) is 0. The minimum atomic E-state index is 0.102. The van der Waals surface area contributed by atoms with Gasteiger partial charge in [-0.2, -0.15) is 0 Å². The van der Waals surface area contributed by atoms with E-state index in [1.807, 2.05) is 41.5 Å². The van der Waals surface area contributed by atoms with Crippen molar-refractivity contribution in [3.8, 4) is 0 Å². The van der Waals surface area contributed by atoms with Crippen LogP contribution >= 0.6 is 0 Å². The van der Waals surface area contributed by atoms with Gasteiger partial charge in [-0.3, -0.25) is 0 Å². The van der Waals surface area contributed by atoms with Crippen LogP contribution in [0.1, 0.15) is 41.5 Å². The average molecular weight is 320 g/mol. The molecule has 0 aliphatic carbocycles. The Kier molecular flexibility index (Phi) is 7.22. The van der Waals surface area contributed by atoms with Crippen LogP contribution in [0, 0.1) is 0 Å². The van der Waals surface area contributed by atoms with Crippen LogP contribution in [0.4, 0.5) is 0 Å². The van der Waals surface area contributed by atoms with Crippen molar-refractivity contribution in [3.05, 3.63) is 9.72 Å². The third kappa shape index (κ3) is 7.82. The summed E-state index contributed by atoms with van der Waals surface area (Å²) in [7, 11) is 0. The Hall–Kier alpha value is -0.0613. The molecular formula is C11H21O3Sn. The van der Waals surface area contributed by atoms with Crippen LogP contribution in [-0.2, 0) is 14.2 Å². The van der Waals surface area contributed by atoms with Crippen molar-refractivity contribution >= 4 is 22.5 Å². The molecule has 0 aromatic carbocycles. The van der Waals surface area contributed by atoms with Crippen molar-refractivity contribution in [1.82, 2.24) is 0 Å². The van der Waals surface area contributed by atoms with Gasteiger partial charge in [0.05, 0.1) is 0 Å². The zero-order valence-corrected chi connectivity index (χ0v) is 13.3. The van der Waals surface area contributed by atoms with Gasteiger partial charge in [0, 0.05) is 0 Å². The van der Waals surface area contributed by atoms with E-state index in [0.717, 1.165) is 3.78 Å². The van der Waals surface area contributed by atoms with Gasteiger partial charge >= 0.3 is 106 Å². The molecule has 4 heteroatoms. The summed E-state index contributed by atoms with van der Waals surface area (Å²) in [6, 6.07) is 0. The quantitative estimate of drug-likeness (QED) is 0.556. The maximum atomic E-state index is 5.58. The van der Waals surface area contributed by atoms with Gasteiger partial charge in [-0.25, -0.2) is 0 Å². The first-order chi connectivity index (χ1) is 6.82. The van der Waals surface area contributed by atoms with Gasteiger partial charge in [-0.15, -0.1) is 0 Å². The summed E-state index contributed by atoms with van der Waals surface area (Å²) in [5, 5.41) is 0. The first kappa shape index (κ1) is 14.9. The van der Waals surface area contributed by atoms with Crippen LogP contribution in [0.25, 0.3) is 0 Å². The molecule has 0 unspecified atom stereocenters. The molecule has 0 atom stereocenters. The van der Waals surface area contributed by atoms with Crippen LogP contribution < -0.4 is 0 Å². The second-order valence-electron chi connectivity index (χ2n) is 4.12. The number of ether oxygens (including phenoxy) is 3. The fourth-order valence-electron chi connectivity index (χ4n) is 0.847. The molecule has 87 valence electrons. The molecule has 0 aliphatic rings. The summed E-state index contributed by atoms with van der Waals surface area (Å²) in [5.41, 5.74) is 0. The van der Waals surface area contributed by atoms with Gasteiger partial charge in [0.15, 0.2) is 0 Å². The van der Waals surface area contributed by atoms with Gasteiger partial charge < -0.3 is 0 Å². The zero-order valence-electron chi connectivity index (χ0n) is 10.5. The van der Waals surface area contributed by atoms with E-state index < -0.39 is 0 Å². The van der Waals surface area contributed by atoms with Crippen molar-refractivity contribution in [2.24, 2.45) is 0 Å². The standard InChI is InChI=1S/C11H21O3.Sn/c1-8(2)12-7-11(13-9(3)4)14-10(5)6;/h8-10H,1-6H3;. The summed E-state index contributed by atoms with van der Waals surface area (Å²) in [4.78, 5) is 0.